The van der Waals surface area contributed by atoms with Crippen LogP contribution in [0.25, 0.3) is 129 Å². The quantitative estimate of drug-likeness (QED) is 0.0203. The second-order valence-electron chi connectivity index (χ2n) is 39.0. The van der Waals surface area contributed by atoms with Crippen molar-refractivity contribution in [3.8, 4) is 0 Å². The summed E-state index contributed by atoms with van der Waals surface area (Å²) < 4.78 is 791. The molecule has 0 heterocycles. The van der Waals surface area contributed by atoms with E-state index in [1.165, 1.54) is 0 Å². The van der Waals surface area contributed by atoms with E-state index >= 15 is 105 Å². The smallest absolute Gasteiger partial charge is 0.199 e. The molecule has 0 spiro atoms. The predicted octanol–water partition coefficient (Wildman–Crippen LogP) is 38.7. The first-order valence-corrected chi connectivity index (χ1v) is 44.9. The van der Waals surface area contributed by atoms with Gasteiger partial charge in [0.15, 0.2) is 0 Å². The molecule has 0 fully saturated rings. The van der Waals surface area contributed by atoms with Gasteiger partial charge in [-0.3, -0.25) is 0 Å². The van der Waals surface area contributed by atoms with Crippen molar-refractivity contribution >= 4 is 129 Å². The molecule has 0 radical (unpaired) electrons. The third-order valence-corrected chi connectivity index (χ3v) is 29.3. The van der Waals surface area contributed by atoms with Crippen molar-refractivity contribution in [1.29, 1.82) is 0 Å². The minimum atomic E-state index is -7.52. The van der Waals surface area contributed by atoms with Crippen LogP contribution in [0.2, 0.25) is 0 Å². The van der Waals surface area contributed by atoms with Gasteiger partial charge in [0.05, 0.1) is 0 Å². The number of fused-ring (bicyclic) bond motifs is 6. The Morgan fingerprint density at radius 3 is 0.300 bits per heavy atom. The van der Waals surface area contributed by atoms with Gasteiger partial charge in [0.25, 0.3) is 0 Å². The molecule has 0 aliphatic rings. The van der Waals surface area contributed by atoms with Gasteiger partial charge in [0.1, 0.15) is 0 Å². The van der Waals surface area contributed by atoms with Gasteiger partial charge in [-0.2, -0.15) is 237 Å². The lowest BCUT2D eigenvalue weighted by Gasteiger charge is -2.36. The summed E-state index contributed by atoms with van der Waals surface area (Å²) in [6, 6.07) is 12.9. The Hall–Kier alpha value is -9.24. The molecule has 54 heteroatoms. The number of hydrogen-bond acceptors (Lipinski definition) is 0. The van der Waals surface area contributed by atoms with Gasteiger partial charge in [-0.1, -0.05) is 114 Å². The minimum absolute atomic E-state index is 0.0604. The highest BCUT2D eigenvalue weighted by Crippen LogP contribution is 2.68. The molecule has 0 saturated carbocycles. The van der Waals surface area contributed by atoms with E-state index in [4.69, 9.17) is 0 Å². The van der Waals surface area contributed by atoms with Crippen LogP contribution in [0.3, 0.4) is 0 Å². The van der Waals surface area contributed by atoms with Crippen molar-refractivity contribution in [2.24, 2.45) is 35.5 Å². The van der Waals surface area contributed by atoms with E-state index in [9.17, 15) is 132 Å². The molecule has 6 atom stereocenters. The molecule has 0 saturated heterocycles. The second kappa shape index (κ2) is 36.2. The van der Waals surface area contributed by atoms with Crippen molar-refractivity contribution in [2.45, 2.75) is 301 Å². The molecule has 13 aromatic rings. The summed E-state index contributed by atoms with van der Waals surface area (Å²) in [5.41, 5.74) is -2.27. The summed E-state index contributed by atoms with van der Waals surface area (Å²) in [6.07, 6.45) is -65.8. The van der Waals surface area contributed by atoms with Crippen molar-refractivity contribution in [3.63, 3.8) is 0 Å². The molecular weight excluding hydrogens is 2180 g/mol. The lowest BCUT2D eigenvalue weighted by Crippen LogP contribution is -2.62. The second-order valence-corrected chi connectivity index (χ2v) is 39.0. The van der Waals surface area contributed by atoms with E-state index < -0.39 is 295 Å². The molecule has 0 amide bonds. The van der Waals surface area contributed by atoms with Crippen molar-refractivity contribution in [3.05, 3.63) is 106 Å². The predicted molar refractivity (Wildman–Crippen MR) is 442 cm³/mol. The number of benzene rings is 13. The molecule has 13 aromatic carbocycles. The molecule has 13 rings (SSSR count). The zero-order valence-electron chi connectivity index (χ0n) is 76.5. The maximum Gasteiger partial charge on any atom is 0.460 e. The average molecular weight is 2250 g/mol. The van der Waals surface area contributed by atoms with Gasteiger partial charge in [-0.15, -0.1) is 0 Å². The highest BCUT2D eigenvalue weighted by molar-refractivity contribution is 6.61. The van der Waals surface area contributed by atoms with Crippen LogP contribution >= 0.6 is 0 Å². The number of halogens is 54. The average Bonchev–Trinajstić information content (AvgIpc) is 0.638. The Labute approximate surface area is 806 Å². The van der Waals surface area contributed by atoms with Gasteiger partial charge < -0.3 is 0 Å². The van der Waals surface area contributed by atoms with Crippen LogP contribution in [0.15, 0.2) is 72.8 Å². The lowest BCUT2D eigenvalue weighted by molar-refractivity contribution is -0.402. The molecule has 0 aromatic heterocycles. The van der Waals surface area contributed by atoms with Crippen LogP contribution in [0.5, 0.6) is 0 Å². The van der Waals surface area contributed by atoms with Crippen molar-refractivity contribution < 1.29 is 237 Å². The first-order chi connectivity index (χ1) is 67.4. The van der Waals surface area contributed by atoms with E-state index in [1.807, 2.05) is 0 Å². The van der Waals surface area contributed by atoms with Crippen molar-refractivity contribution in [2.75, 3.05) is 0 Å². The van der Waals surface area contributed by atoms with Gasteiger partial charge in [0, 0.05) is 35.5 Å². The minimum Gasteiger partial charge on any atom is -0.199 e. The highest BCUT2D eigenvalue weighted by atomic mass is 19.5. The van der Waals surface area contributed by atoms with Crippen LogP contribution in [-0.4, -0.2) is 144 Å². The van der Waals surface area contributed by atoms with Crippen LogP contribution in [0.1, 0.15) is 152 Å². The number of aryl methyl sites for hydroxylation is 6. The topological polar surface area (TPSA) is 0 Å². The highest BCUT2D eigenvalue weighted by Gasteiger charge is 2.88. The molecular formula is C96H72F54. The van der Waals surface area contributed by atoms with E-state index in [0.717, 1.165) is 72.8 Å². The Morgan fingerprint density at radius 2 is 0.220 bits per heavy atom. The summed E-state index contributed by atoms with van der Waals surface area (Å²) in [7, 11) is 0. The Morgan fingerprint density at radius 1 is 0.133 bits per heavy atom. The fourth-order valence-corrected chi connectivity index (χ4v) is 20.4. The summed E-state index contributed by atoms with van der Waals surface area (Å²) >= 11 is 0. The van der Waals surface area contributed by atoms with E-state index in [-0.39, 0.29) is 204 Å². The zero-order valence-corrected chi connectivity index (χ0v) is 76.5. The fourth-order valence-electron chi connectivity index (χ4n) is 20.4. The summed E-state index contributed by atoms with van der Waals surface area (Å²) in [6.45, 7) is 0.362. The van der Waals surface area contributed by atoms with Crippen molar-refractivity contribution in [1.82, 2.24) is 0 Å². The van der Waals surface area contributed by atoms with Crippen LogP contribution in [0, 0.1) is 35.5 Å². The maximum absolute atomic E-state index is 15.8. The molecule has 0 bridgehead atoms. The van der Waals surface area contributed by atoms with E-state index in [2.05, 4.69) is 0 Å². The molecule has 0 aliphatic heterocycles. The number of rotatable bonds is 42. The first kappa shape index (κ1) is 118. The molecule has 0 aliphatic carbocycles. The van der Waals surface area contributed by atoms with Crippen LogP contribution in [-0.2, 0) is 38.5 Å². The lowest BCUT2D eigenvalue weighted by atomic mass is 9.72. The van der Waals surface area contributed by atoms with E-state index in [1.54, 1.807) is 0 Å². The Kier molecular flexibility index (Phi) is 28.4. The molecule has 0 N–H and O–H groups in total. The van der Waals surface area contributed by atoms with E-state index in [0.29, 0.717) is 0 Å². The zero-order chi connectivity index (χ0) is 114. The number of alkyl halides is 54. The van der Waals surface area contributed by atoms with Gasteiger partial charge >= 0.3 is 144 Å². The van der Waals surface area contributed by atoms with Crippen LogP contribution in [0.4, 0.5) is 237 Å². The van der Waals surface area contributed by atoms with Gasteiger partial charge in [-0.25, -0.2) is 0 Å². The third kappa shape index (κ3) is 17.1. The SMILES string of the molecule is CC(CCCc1cc2c3cc(CCCC(C)C(F)(F)C(F)(F)C(F)(F)C(F)(F)F)cc4c5cc(CCCC(C)C(F)(F)C(F)(F)C(F)(F)C(F)(F)F)cc6c7cc(CCCC(C)C(F)(F)C(F)(F)C(F)(F)C(F)(F)F)cc8c9cc(CCCC(C)C(F)(F)C(F)(F)C(F)(F)C(F)(F)F)cc%10c%11cc(CCCC(C)C(F)(F)C(F)(F)C(F)(F)C(F)(F)F)cc%12c(c1)c2c1c(c34)c(c56)c(c78)c(c%109)c1c%12%11)C(F)(F)C(F)(F)C(F)(F)C(F)(F)F. The standard InChI is InChI=1S/C96H72F54/c1-37(73(97,98)79(109,110)85(121,122)91(133,134)135)13-7-19-43-25-49-51-27-44(20-8-14-38(2)74(99,100)80(111,112)86(123,124)92(136,137)138)29-53-55-31-46(22-10-16-40(4)76(103,104)82(115,116)88(127,128)94(142,143)144)33-57-59-35-48(24-12-18-42(6)78(107,108)84(119,120)90(131,132)96(148,149)150)36-60-58-34-47(23-11-17-41(5)77(105,106)83(117,118)89(129,130)95(145,146)147)32-56-54-30-45(21-9-15-39(3)75(101,102)81(113,114)87(125,126)93(139,140)141)28-52-50(26-43)61(49)67-68(62(51)53)70(64(55)57)72(66(59)60)71(65(56)58)69(67)63(52)54/h25-42H,7-24H2,1-6H3. The normalized spacial score (nSPS) is 16.7. The molecule has 834 valence electrons. The maximum atomic E-state index is 15.8. The van der Waals surface area contributed by atoms with Gasteiger partial charge in [0.2, 0.25) is 0 Å². The largest absolute Gasteiger partial charge is 0.460 e. The third-order valence-electron chi connectivity index (χ3n) is 29.3. The van der Waals surface area contributed by atoms with Crippen LogP contribution < -0.4 is 0 Å². The summed E-state index contributed by atoms with van der Waals surface area (Å²) in [5.74, 6) is -147. The fraction of sp³-hybridized carbons (Fsp3) is 0.562. The van der Waals surface area contributed by atoms with Gasteiger partial charge in [-0.05, 0) is 278 Å². The molecule has 6 unspecified atom stereocenters. The first-order valence-electron chi connectivity index (χ1n) is 44.9. The summed E-state index contributed by atoms with van der Waals surface area (Å²) in [5, 5.41) is -6.22. The summed E-state index contributed by atoms with van der Waals surface area (Å²) in [4.78, 5) is 0. The molecule has 150 heavy (non-hydrogen) atoms. The number of hydrogen-bond donors (Lipinski definition) is 0. The monoisotopic (exact) mass is 2250 g/mol. The molecule has 0 nitrogen and oxygen atoms in total. The Bertz CT molecular complexity index is 5850. The Balaban J connectivity index is 1.18.